The number of esters is 3. The Morgan fingerprint density at radius 1 is 0.266 bits per heavy atom. The average Bonchev–Trinajstić information content (AvgIpc) is 3.45. The van der Waals surface area contributed by atoms with Gasteiger partial charge < -0.3 is 14.2 Å². The molecule has 0 aliphatic rings. The van der Waals surface area contributed by atoms with E-state index in [1.807, 2.05) is 0 Å². The second-order valence-corrected chi connectivity index (χ2v) is 22.7. The lowest BCUT2D eigenvalue weighted by molar-refractivity contribution is -0.167. The monoisotopic (exact) mass is 1100 g/mol. The summed E-state index contributed by atoms with van der Waals surface area (Å²) in [5.74, 6) is -0.910. The van der Waals surface area contributed by atoms with Gasteiger partial charge >= 0.3 is 17.9 Å². The van der Waals surface area contributed by atoms with E-state index < -0.39 is 6.10 Å². The summed E-state index contributed by atoms with van der Waals surface area (Å²) in [5.41, 5.74) is 0. The fraction of sp³-hybridized carbons (Fsp3) is 0.767. The fourth-order valence-corrected chi connectivity index (χ4v) is 9.84. The Labute approximate surface area is 490 Å². The van der Waals surface area contributed by atoms with Crippen molar-refractivity contribution in [3.63, 3.8) is 0 Å². The Morgan fingerprint density at radius 3 is 0.772 bits per heavy atom. The van der Waals surface area contributed by atoms with Gasteiger partial charge in [0.2, 0.25) is 0 Å². The van der Waals surface area contributed by atoms with Crippen molar-refractivity contribution in [2.45, 2.75) is 348 Å². The molecule has 0 aromatic carbocycles. The Kier molecular flexibility index (Phi) is 64.2. The molecule has 456 valence electrons. The van der Waals surface area contributed by atoms with Crippen LogP contribution in [0, 0.1) is 0 Å². The van der Waals surface area contributed by atoms with Gasteiger partial charge in [0.1, 0.15) is 13.2 Å². The molecule has 0 aliphatic carbocycles. The van der Waals surface area contributed by atoms with Gasteiger partial charge in [-0.1, -0.05) is 331 Å². The summed E-state index contributed by atoms with van der Waals surface area (Å²) < 4.78 is 16.9. The highest BCUT2D eigenvalue weighted by atomic mass is 16.6. The third-order valence-electron chi connectivity index (χ3n) is 14.9. The third kappa shape index (κ3) is 65.3. The first kappa shape index (κ1) is 75.6. The molecule has 0 aromatic heterocycles. The highest BCUT2D eigenvalue weighted by Crippen LogP contribution is 2.18. The van der Waals surface area contributed by atoms with Crippen LogP contribution in [0.25, 0.3) is 0 Å². The van der Waals surface area contributed by atoms with Crippen LogP contribution in [0.4, 0.5) is 0 Å². The zero-order chi connectivity index (χ0) is 57.1. The molecule has 0 N–H and O–H groups in total. The van der Waals surface area contributed by atoms with Crippen LogP contribution in [0.2, 0.25) is 0 Å². The lowest BCUT2D eigenvalue weighted by Crippen LogP contribution is -2.30. The molecule has 0 rings (SSSR count). The summed E-state index contributed by atoms with van der Waals surface area (Å²) in [6, 6.07) is 0. The summed E-state index contributed by atoms with van der Waals surface area (Å²) in [6.45, 7) is 6.51. The van der Waals surface area contributed by atoms with Crippen LogP contribution in [-0.2, 0) is 28.6 Å². The standard InChI is InChI=1S/C73H128O6/c1-4-7-10-13-16-19-21-23-25-27-29-31-33-35-36-37-39-40-42-44-46-48-50-52-54-57-60-63-66-72(75)78-69-70(68-77-71(74)65-62-59-56-18-15-12-9-6-3)79-73(76)67-64-61-58-55-53-51-49-47-45-43-41-38-34-32-30-28-26-24-22-20-17-14-11-8-5-2/h8,11,17,20,24,26,30,32,38,41,45,47,51,53,70H,4-7,9-10,12-16,18-19,21-23,25,27-29,31,33-37,39-40,42-44,46,48-50,52,54-69H2,1-3H3/b11-8-,20-17-,26-24-,32-30-,41-38-,47-45-,53-51-. The second kappa shape index (κ2) is 67.1. The number of rotatable bonds is 62. The molecule has 0 fully saturated rings. The molecule has 0 aliphatic heterocycles. The maximum Gasteiger partial charge on any atom is 0.306 e. The van der Waals surface area contributed by atoms with Crippen molar-refractivity contribution in [3.8, 4) is 0 Å². The van der Waals surface area contributed by atoms with Gasteiger partial charge in [-0.3, -0.25) is 14.4 Å². The zero-order valence-electron chi connectivity index (χ0n) is 52.4. The molecule has 0 bridgehead atoms. The molecule has 1 atom stereocenters. The smallest absolute Gasteiger partial charge is 0.306 e. The molecule has 0 radical (unpaired) electrons. The molecule has 0 saturated carbocycles. The van der Waals surface area contributed by atoms with Crippen molar-refractivity contribution >= 4 is 17.9 Å². The van der Waals surface area contributed by atoms with Crippen molar-refractivity contribution in [3.05, 3.63) is 85.1 Å². The number of carbonyl (C=O) groups excluding carboxylic acids is 3. The molecule has 0 saturated heterocycles. The predicted octanol–water partition coefficient (Wildman–Crippen LogP) is 23.4. The summed E-state index contributed by atoms with van der Waals surface area (Å²) in [7, 11) is 0. The van der Waals surface area contributed by atoms with Gasteiger partial charge in [0.15, 0.2) is 6.10 Å². The number of unbranched alkanes of at least 4 members (excludes halogenated alkanes) is 37. The highest BCUT2D eigenvalue weighted by molar-refractivity contribution is 5.71. The van der Waals surface area contributed by atoms with E-state index >= 15 is 0 Å². The van der Waals surface area contributed by atoms with Crippen molar-refractivity contribution in [2.75, 3.05) is 13.2 Å². The van der Waals surface area contributed by atoms with Crippen LogP contribution in [0.3, 0.4) is 0 Å². The molecule has 0 aromatic rings. The van der Waals surface area contributed by atoms with Crippen molar-refractivity contribution in [1.29, 1.82) is 0 Å². The van der Waals surface area contributed by atoms with Gasteiger partial charge in [0.25, 0.3) is 0 Å². The predicted molar refractivity (Wildman–Crippen MR) is 344 cm³/mol. The van der Waals surface area contributed by atoms with Crippen LogP contribution >= 0.6 is 0 Å². The maximum absolute atomic E-state index is 12.9. The van der Waals surface area contributed by atoms with Crippen LogP contribution in [-0.4, -0.2) is 37.2 Å². The summed E-state index contributed by atoms with van der Waals surface area (Å²) in [5, 5.41) is 0. The van der Waals surface area contributed by atoms with Crippen molar-refractivity contribution in [2.24, 2.45) is 0 Å². The number of hydrogen-bond acceptors (Lipinski definition) is 6. The first-order valence-corrected chi connectivity index (χ1v) is 34.1. The highest BCUT2D eigenvalue weighted by Gasteiger charge is 2.19. The zero-order valence-corrected chi connectivity index (χ0v) is 52.4. The average molecular weight is 1100 g/mol. The number of ether oxygens (including phenoxy) is 3. The van der Waals surface area contributed by atoms with Gasteiger partial charge in [0, 0.05) is 19.3 Å². The number of carbonyl (C=O) groups is 3. The minimum Gasteiger partial charge on any atom is -0.462 e. The van der Waals surface area contributed by atoms with Gasteiger partial charge in [-0.15, -0.1) is 0 Å². The summed E-state index contributed by atoms with van der Waals surface area (Å²) in [4.78, 5) is 38.2. The van der Waals surface area contributed by atoms with Crippen molar-refractivity contribution < 1.29 is 28.6 Å². The summed E-state index contributed by atoms with van der Waals surface area (Å²) in [6.07, 6.45) is 89.2. The Morgan fingerprint density at radius 2 is 0.494 bits per heavy atom. The van der Waals surface area contributed by atoms with E-state index in [2.05, 4.69) is 106 Å². The molecular weight excluding hydrogens is 973 g/mol. The fourth-order valence-electron chi connectivity index (χ4n) is 9.84. The van der Waals surface area contributed by atoms with Crippen LogP contribution in [0.15, 0.2) is 85.1 Å². The van der Waals surface area contributed by atoms with E-state index in [1.54, 1.807) is 0 Å². The first-order chi connectivity index (χ1) is 39.0. The van der Waals surface area contributed by atoms with E-state index in [0.717, 1.165) is 109 Å². The lowest BCUT2D eigenvalue weighted by atomic mass is 10.0. The number of hydrogen-bond donors (Lipinski definition) is 0. The molecule has 0 amide bonds. The molecule has 0 spiro atoms. The molecule has 79 heavy (non-hydrogen) atoms. The van der Waals surface area contributed by atoms with Crippen LogP contribution in [0.1, 0.15) is 342 Å². The summed E-state index contributed by atoms with van der Waals surface area (Å²) >= 11 is 0. The van der Waals surface area contributed by atoms with E-state index in [-0.39, 0.29) is 31.1 Å². The molecule has 6 heteroatoms. The maximum atomic E-state index is 12.9. The molecular formula is C73H128O6. The van der Waals surface area contributed by atoms with Gasteiger partial charge in [-0.05, 0) is 77.0 Å². The van der Waals surface area contributed by atoms with Gasteiger partial charge in [-0.25, -0.2) is 0 Å². The van der Waals surface area contributed by atoms with Crippen LogP contribution < -0.4 is 0 Å². The second-order valence-electron chi connectivity index (χ2n) is 22.7. The Balaban J connectivity index is 4.17. The molecule has 0 heterocycles. The van der Waals surface area contributed by atoms with Gasteiger partial charge in [0.05, 0.1) is 0 Å². The van der Waals surface area contributed by atoms with Crippen LogP contribution in [0.5, 0.6) is 0 Å². The quantitative estimate of drug-likeness (QED) is 0.0261. The SMILES string of the molecule is CC/C=C\C/C=C\C/C=C\C/C=C\C/C=C\C/C=C\C/C=C\CCCCCC(=O)OC(COC(=O)CCCCCCCCCC)COC(=O)CCCCCCCCCCCCCCCCCCCCCCCCCCCCCC. The lowest BCUT2D eigenvalue weighted by Gasteiger charge is -2.18. The minimum absolute atomic E-state index is 0.0866. The Bertz CT molecular complexity index is 1500. The third-order valence-corrected chi connectivity index (χ3v) is 14.9. The number of allylic oxidation sites excluding steroid dienone is 14. The topological polar surface area (TPSA) is 78.9 Å². The van der Waals surface area contributed by atoms with E-state index in [4.69, 9.17) is 14.2 Å². The molecule has 6 nitrogen and oxygen atoms in total. The van der Waals surface area contributed by atoms with Crippen molar-refractivity contribution in [1.82, 2.24) is 0 Å². The van der Waals surface area contributed by atoms with Gasteiger partial charge in [-0.2, -0.15) is 0 Å². The molecule has 1 unspecified atom stereocenters. The van der Waals surface area contributed by atoms with E-state index in [1.165, 1.54) is 193 Å². The van der Waals surface area contributed by atoms with E-state index in [0.29, 0.717) is 19.3 Å². The largest absolute Gasteiger partial charge is 0.462 e. The minimum atomic E-state index is -0.792. The Hall–Kier alpha value is -3.41. The normalized spacial score (nSPS) is 12.6. The van der Waals surface area contributed by atoms with E-state index in [9.17, 15) is 14.4 Å². The first-order valence-electron chi connectivity index (χ1n) is 34.1.